The zero-order valence-electron chi connectivity index (χ0n) is 10.8. The van der Waals surface area contributed by atoms with Crippen molar-refractivity contribution in [3.05, 3.63) is 23.8 Å². The lowest BCUT2D eigenvalue weighted by molar-refractivity contribution is 0.128. The molecule has 0 spiro atoms. The molecule has 2 rings (SSSR count). The smallest absolute Gasteiger partial charge is 0.128 e. The molecule has 3 nitrogen and oxygen atoms in total. The number of ether oxygens (including phenoxy) is 2. The Bertz CT molecular complexity index is 392. The highest BCUT2D eigenvalue weighted by molar-refractivity contribution is 5.41. The summed E-state index contributed by atoms with van der Waals surface area (Å²) in [5.41, 5.74) is 6.51. The fourth-order valence-electron chi connectivity index (χ4n) is 1.58. The molecule has 1 saturated carbocycles. The van der Waals surface area contributed by atoms with Crippen LogP contribution < -0.4 is 15.2 Å². The number of rotatable bonds is 4. The Labute approximate surface area is 103 Å². The van der Waals surface area contributed by atoms with E-state index in [0.29, 0.717) is 12.6 Å². The van der Waals surface area contributed by atoms with Crippen LogP contribution in [0.5, 0.6) is 11.5 Å². The average Bonchev–Trinajstić information content (AvgIpc) is 3.00. The van der Waals surface area contributed by atoms with Crippen molar-refractivity contribution in [2.75, 3.05) is 0 Å². The van der Waals surface area contributed by atoms with Gasteiger partial charge >= 0.3 is 0 Å². The van der Waals surface area contributed by atoms with Crippen LogP contribution in [0, 0.1) is 0 Å². The van der Waals surface area contributed by atoms with Gasteiger partial charge in [0.15, 0.2) is 0 Å². The molecule has 2 N–H and O–H groups in total. The van der Waals surface area contributed by atoms with Crippen molar-refractivity contribution in [3.8, 4) is 11.5 Å². The van der Waals surface area contributed by atoms with Gasteiger partial charge in [-0.3, -0.25) is 0 Å². The number of hydrogen-bond donors (Lipinski definition) is 1. The molecule has 0 aliphatic heterocycles. The summed E-state index contributed by atoms with van der Waals surface area (Å²) in [6.07, 6.45) is 2.73. The van der Waals surface area contributed by atoms with Crippen LogP contribution in [0.4, 0.5) is 0 Å². The lowest BCUT2D eigenvalue weighted by atomic mass is 10.1. The van der Waals surface area contributed by atoms with Crippen LogP contribution in [0.1, 0.15) is 39.2 Å². The summed E-state index contributed by atoms with van der Waals surface area (Å²) in [6, 6.07) is 5.90. The third-order valence-corrected chi connectivity index (χ3v) is 2.50. The minimum absolute atomic E-state index is 0.220. The Morgan fingerprint density at radius 1 is 1.29 bits per heavy atom. The standard InChI is InChI=1S/C14H21NO2/c1-14(2,3)17-13-8-12(16-11-6-7-11)5-4-10(13)9-15/h4-5,8,11H,6-7,9,15H2,1-3H3. The van der Waals surface area contributed by atoms with E-state index in [-0.39, 0.29) is 5.60 Å². The van der Waals surface area contributed by atoms with Gasteiger partial charge in [0.25, 0.3) is 0 Å². The van der Waals surface area contributed by atoms with Crippen LogP contribution in [0.15, 0.2) is 18.2 Å². The topological polar surface area (TPSA) is 44.5 Å². The van der Waals surface area contributed by atoms with E-state index in [4.69, 9.17) is 15.2 Å². The van der Waals surface area contributed by atoms with E-state index in [2.05, 4.69) is 0 Å². The minimum Gasteiger partial charge on any atom is -0.490 e. The molecule has 0 saturated heterocycles. The van der Waals surface area contributed by atoms with Gasteiger partial charge in [0.2, 0.25) is 0 Å². The van der Waals surface area contributed by atoms with Crippen molar-refractivity contribution in [2.45, 2.75) is 51.9 Å². The van der Waals surface area contributed by atoms with Crippen molar-refractivity contribution < 1.29 is 9.47 Å². The van der Waals surface area contributed by atoms with E-state index < -0.39 is 0 Å². The summed E-state index contributed by atoms with van der Waals surface area (Å²) in [6.45, 7) is 6.57. The molecule has 0 radical (unpaired) electrons. The second-order valence-corrected chi connectivity index (χ2v) is 5.51. The van der Waals surface area contributed by atoms with E-state index in [9.17, 15) is 0 Å². The summed E-state index contributed by atoms with van der Waals surface area (Å²) >= 11 is 0. The first-order valence-electron chi connectivity index (χ1n) is 6.16. The molecule has 1 aromatic rings. The van der Waals surface area contributed by atoms with Crippen LogP contribution in [0.25, 0.3) is 0 Å². The Balaban J connectivity index is 2.18. The maximum absolute atomic E-state index is 5.91. The predicted molar refractivity (Wildman–Crippen MR) is 68.4 cm³/mol. The molecule has 17 heavy (non-hydrogen) atoms. The molecule has 1 aromatic carbocycles. The van der Waals surface area contributed by atoms with Gasteiger partial charge in [-0.2, -0.15) is 0 Å². The van der Waals surface area contributed by atoms with Gasteiger partial charge in [0.1, 0.15) is 17.1 Å². The second kappa shape index (κ2) is 4.57. The number of nitrogens with two attached hydrogens (primary N) is 1. The predicted octanol–water partition coefficient (Wildman–Crippen LogP) is 2.86. The zero-order valence-corrected chi connectivity index (χ0v) is 10.8. The first kappa shape index (κ1) is 12.2. The maximum atomic E-state index is 5.91. The highest BCUT2D eigenvalue weighted by Gasteiger charge is 2.24. The molecule has 0 atom stereocenters. The highest BCUT2D eigenvalue weighted by atomic mass is 16.5. The molecule has 1 aliphatic rings. The van der Waals surface area contributed by atoms with Gasteiger partial charge in [-0.25, -0.2) is 0 Å². The molecule has 0 heterocycles. The Morgan fingerprint density at radius 2 is 2.00 bits per heavy atom. The van der Waals surface area contributed by atoms with Gasteiger partial charge in [-0.05, 0) is 39.7 Å². The van der Waals surface area contributed by atoms with E-state index in [1.807, 2.05) is 39.0 Å². The van der Waals surface area contributed by atoms with E-state index in [1.165, 1.54) is 0 Å². The fourth-order valence-corrected chi connectivity index (χ4v) is 1.58. The van der Waals surface area contributed by atoms with Gasteiger partial charge in [0.05, 0.1) is 6.10 Å². The van der Waals surface area contributed by atoms with Crippen molar-refractivity contribution in [2.24, 2.45) is 5.73 Å². The molecule has 0 aromatic heterocycles. The summed E-state index contributed by atoms with van der Waals surface area (Å²) in [7, 11) is 0. The van der Waals surface area contributed by atoms with Crippen molar-refractivity contribution in [1.29, 1.82) is 0 Å². The Kier molecular flexibility index (Phi) is 3.29. The molecule has 94 valence electrons. The molecule has 0 amide bonds. The lowest BCUT2D eigenvalue weighted by Gasteiger charge is -2.23. The van der Waals surface area contributed by atoms with Crippen LogP contribution in [-0.2, 0) is 6.54 Å². The van der Waals surface area contributed by atoms with Gasteiger partial charge in [-0.1, -0.05) is 6.07 Å². The molecular formula is C14H21NO2. The van der Waals surface area contributed by atoms with Crippen LogP contribution >= 0.6 is 0 Å². The summed E-state index contributed by atoms with van der Waals surface area (Å²) in [4.78, 5) is 0. The maximum Gasteiger partial charge on any atom is 0.128 e. The van der Waals surface area contributed by atoms with E-state index >= 15 is 0 Å². The average molecular weight is 235 g/mol. The van der Waals surface area contributed by atoms with Crippen molar-refractivity contribution in [3.63, 3.8) is 0 Å². The monoisotopic (exact) mass is 235 g/mol. The molecule has 0 unspecified atom stereocenters. The fraction of sp³-hybridized carbons (Fsp3) is 0.571. The normalized spacial score (nSPS) is 15.8. The third-order valence-electron chi connectivity index (χ3n) is 2.50. The van der Waals surface area contributed by atoms with Crippen LogP contribution in [0.3, 0.4) is 0 Å². The van der Waals surface area contributed by atoms with Crippen LogP contribution in [-0.4, -0.2) is 11.7 Å². The Hall–Kier alpha value is -1.22. The van der Waals surface area contributed by atoms with Crippen molar-refractivity contribution in [1.82, 2.24) is 0 Å². The Morgan fingerprint density at radius 3 is 2.53 bits per heavy atom. The largest absolute Gasteiger partial charge is 0.490 e. The van der Waals surface area contributed by atoms with Crippen molar-refractivity contribution >= 4 is 0 Å². The molecule has 1 aliphatic carbocycles. The minimum atomic E-state index is -0.220. The van der Waals surface area contributed by atoms with E-state index in [1.54, 1.807) is 0 Å². The molecular weight excluding hydrogens is 214 g/mol. The molecule has 3 heteroatoms. The summed E-state index contributed by atoms with van der Waals surface area (Å²) < 4.78 is 11.7. The molecule has 0 bridgehead atoms. The number of benzene rings is 1. The quantitative estimate of drug-likeness (QED) is 0.872. The van der Waals surface area contributed by atoms with Gasteiger partial charge < -0.3 is 15.2 Å². The molecule has 1 fully saturated rings. The lowest BCUT2D eigenvalue weighted by Crippen LogP contribution is -2.24. The highest BCUT2D eigenvalue weighted by Crippen LogP contribution is 2.32. The summed E-state index contributed by atoms with van der Waals surface area (Å²) in [5, 5.41) is 0. The third kappa shape index (κ3) is 3.63. The first-order valence-corrected chi connectivity index (χ1v) is 6.16. The first-order chi connectivity index (χ1) is 7.98. The zero-order chi connectivity index (χ0) is 12.5. The number of hydrogen-bond acceptors (Lipinski definition) is 3. The SMILES string of the molecule is CC(C)(C)Oc1cc(OC2CC2)ccc1CN. The van der Waals surface area contributed by atoms with Crippen LogP contribution in [0.2, 0.25) is 0 Å². The van der Waals surface area contributed by atoms with Gasteiger partial charge in [0, 0.05) is 18.2 Å². The van der Waals surface area contributed by atoms with E-state index in [0.717, 1.165) is 29.9 Å². The second-order valence-electron chi connectivity index (χ2n) is 5.51. The summed E-state index contributed by atoms with van der Waals surface area (Å²) in [5.74, 6) is 1.71. The van der Waals surface area contributed by atoms with Gasteiger partial charge in [-0.15, -0.1) is 0 Å².